The summed E-state index contributed by atoms with van der Waals surface area (Å²) in [6.45, 7) is 0. The Bertz CT molecular complexity index is 1050. The van der Waals surface area contributed by atoms with Crippen LogP contribution >= 0.6 is 23.4 Å². The van der Waals surface area contributed by atoms with Crippen LogP contribution in [-0.4, -0.2) is 26.9 Å². The number of methoxy groups -OCH3 is 1. The highest BCUT2D eigenvalue weighted by molar-refractivity contribution is 7.98. The van der Waals surface area contributed by atoms with Gasteiger partial charge in [0.2, 0.25) is 11.8 Å². The Morgan fingerprint density at radius 3 is 2.78 bits per heavy atom. The summed E-state index contributed by atoms with van der Waals surface area (Å²) in [7, 11) is 1.63. The zero-order valence-electron chi connectivity index (χ0n) is 14.4. The summed E-state index contributed by atoms with van der Waals surface area (Å²) in [4.78, 5) is 4.40. The lowest BCUT2D eigenvalue weighted by Crippen LogP contribution is -1.95. The SMILES string of the molecule is COc1ccc(-c2nnc(CSc3nccn3-c3cccc(Cl)c3)o2)cc1. The number of hydrogen-bond acceptors (Lipinski definition) is 6. The molecule has 2 aromatic carbocycles. The van der Waals surface area contributed by atoms with Gasteiger partial charge in [0.15, 0.2) is 5.16 Å². The van der Waals surface area contributed by atoms with Crippen LogP contribution < -0.4 is 4.74 Å². The molecule has 0 aliphatic heterocycles. The fourth-order valence-corrected chi connectivity index (χ4v) is 3.50. The van der Waals surface area contributed by atoms with E-state index >= 15 is 0 Å². The molecule has 0 N–H and O–H groups in total. The predicted molar refractivity (Wildman–Crippen MR) is 104 cm³/mol. The molecule has 0 radical (unpaired) electrons. The average molecular weight is 399 g/mol. The van der Waals surface area contributed by atoms with Gasteiger partial charge in [0.1, 0.15) is 5.75 Å². The number of hydrogen-bond donors (Lipinski definition) is 0. The van der Waals surface area contributed by atoms with E-state index in [9.17, 15) is 0 Å². The van der Waals surface area contributed by atoms with Gasteiger partial charge in [-0.05, 0) is 42.5 Å². The van der Waals surface area contributed by atoms with Gasteiger partial charge in [-0.2, -0.15) is 0 Å². The van der Waals surface area contributed by atoms with Gasteiger partial charge in [0.25, 0.3) is 0 Å². The van der Waals surface area contributed by atoms with Crippen molar-refractivity contribution in [3.63, 3.8) is 0 Å². The third kappa shape index (κ3) is 3.99. The maximum absolute atomic E-state index is 6.09. The van der Waals surface area contributed by atoms with E-state index < -0.39 is 0 Å². The standard InChI is InChI=1S/C19H15ClN4O2S/c1-25-16-7-5-13(6-8-16)18-23-22-17(26-18)12-27-19-21-9-10-24(19)15-4-2-3-14(20)11-15/h2-11H,12H2,1H3. The fourth-order valence-electron chi connectivity index (χ4n) is 2.51. The molecular formula is C19H15ClN4O2S. The lowest BCUT2D eigenvalue weighted by molar-refractivity contribution is 0.415. The summed E-state index contributed by atoms with van der Waals surface area (Å²) in [5.41, 5.74) is 1.80. The predicted octanol–water partition coefficient (Wildman–Crippen LogP) is 4.88. The third-order valence-corrected chi connectivity index (χ3v) is 5.01. The Balaban J connectivity index is 1.47. The average Bonchev–Trinajstić information content (AvgIpc) is 3.36. The highest BCUT2D eigenvalue weighted by atomic mass is 35.5. The van der Waals surface area contributed by atoms with Crippen LogP contribution in [0.25, 0.3) is 17.1 Å². The van der Waals surface area contributed by atoms with Crippen molar-refractivity contribution in [2.24, 2.45) is 0 Å². The summed E-state index contributed by atoms with van der Waals surface area (Å²) >= 11 is 7.60. The molecule has 0 unspecified atom stereocenters. The van der Waals surface area contributed by atoms with Crippen molar-refractivity contribution in [3.8, 4) is 22.9 Å². The van der Waals surface area contributed by atoms with Crippen molar-refractivity contribution < 1.29 is 9.15 Å². The van der Waals surface area contributed by atoms with Crippen LogP contribution in [-0.2, 0) is 5.75 Å². The van der Waals surface area contributed by atoms with Crippen LogP contribution in [0.5, 0.6) is 5.75 Å². The molecule has 8 heteroatoms. The molecule has 0 atom stereocenters. The molecule has 6 nitrogen and oxygen atoms in total. The molecule has 0 aliphatic carbocycles. The van der Waals surface area contributed by atoms with E-state index in [1.54, 1.807) is 13.3 Å². The number of thioether (sulfide) groups is 1. The number of ether oxygens (including phenoxy) is 1. The summed E-state index contributed by atoms with van der Waals surface area (Å²) in [6, 6.07) is 15.1. The summed E-state index contributed by atoms with van der Waals surface area (Å²) in [6.07, 6.45) is 3.64. The second kappa shape index (κ2) is 7.85. The van der Waals surface area contributed by atoms with Gasteiger partial charge >= 0.3 is 0 Å². The Morgan fingerprint density at radius 1 is 1.15 bits per heavy atom. The lowest BCUT2D eigenvalue weighted by atomic mass is 10.2. The van der Waals surface area contributed by atoms with Crippen LogP contribution in [0.4, 0.5) is 0 Å². The summed E-state index contributed by atoms with van der Waals surface area (Å²) in [5.74, 6) is 2.31. The smallest absolute Gasteiger partial charge is 0.247 e. The Hall–Kier alpha value is -2.77. The van der Waals surface area contributed by atoms with Gasteiger partial charge in [-0.25, -0.2) is 4.98 Å². The zero-order valence-corrected chi connectivity index (χ0v) is 15.9. The van der Waals surface area contributed by atoms with E-state index in [1.165, 1.54) is 11.8 Å². The first-order chi connectivity index (χ1) is 13.2. The first-order valence-electron chi connectivity index (χ1n) is 8.12. The van der Waals surface area contributed by atoms with Crippen LogP contribution in [0, 0.1) is 0 Å². The van der Waals surface area contributed by atoms with Crippen LogP contribution in [0.2, 0.25) is 5.02 Å². The third-order valence-electron chi connectivity index (χ3n) is 3.82. The quantitative estimate of drug-likeness (QED) is 0.431. The molecule has 0 saturated heterocycles. The van der Waals surface area contributed by atoms with E-state index in [0.717, 1.165) is 22.2 Å². The van der Waals surface area contributed by atoms with Gasteiger partial charge in [0, 0.05) is 28.7 Å². The van der Waals surface area contributed by atoms with Crippen LogP contribution in [0.1, 0.15) is 5.89 Å². The van der Waals surface area contributed by atoms with Crippen molar-refractivity contribution in [1.29, 1.82) is 0 Å². The van der Waals surface area contributed by atoms with Crippen molar-refractivity contribution in [2.45, 2.75) is 10.9 Å². The number of imidazole rings is 1. The topological polar surface area (TPSA) is 66.0 Å². The van der Waals surface area contributed by atoms with E-state index in [-0.39, 0.29) is 0 Å². The number of benzene rings is 2. The lowest BCUT2D eigenvalue weighted by Gasteiger charge is -2.06. The number of rotatable bonds is 6. The van der Waals surface area contributed by atoms with Gasteiger partial charge in [-0.3, -0.25) is 4.57 Å². The summed E-state index contributed by atoms with van der Waals surface area (Å²) < 4.78 is 12.9. The molecule has 4 rings (SSSR count). The van der Waals surface area contributed by atoms with Gasteiger partial charge in [-0.1, -0.05) is 29.4 Å². The fraction of sp³-hybridized carbons (Fsp3) is 0.105. The molecule has 0 fully saturated rings. The van der Waals surface area contributed by atoms with Gasteiger partial charge in [0.05, 0.1) is 12.9 Å². The molecule has 0 bridgehead atoms. The van der Waals surface area contributed by atoms with E-state index in [0.29, 0.717) is 22.6 Å². The van der Waals surface area contributed by atoms with Crippen molar-refractivity contribution in [3.05, 3.63) is 71.8 Å². The highest BCUT2D eigenvalue weighted by Gasteiger charge is 2.12. The van der Waals surface area contributed by atoms with Gasteiger partial charge in [-0.15, -0.1) is 10.2 Å². The zero-order chi connectivity index (χ0) is 18.6. The minimum atomic E-state index is 0.478. The molecule has 0 amide bonds. The first kappa shape index (κ1) is 17.6. The molecule has 0 saturated carbocycles. The second-order valence-corrected chi connectivity index (χ2v) is 6.96. The molecular weight excluding hydrogens is 384 g/mol. The van der Waals surface area contributed by atoms with Crippen molar-refractivity contribution in [1.82, 2.24) is 19.7 Å². The Kier molecular flexibility index (Phi) is 5.13. The molecule has 27 heavy (non-hydrogen) atoms. The number of nitrogens with zero attached hydrogens (tertiary/aromatic N) is 4. The monoisotopic (exact) mass is 398 g/mol. The molecule has 4 aromatic rings. The number of halogens is 1. The molecule has 0 aliphatic rings. The Morgan fingerprint density at radius 2 is 2.00 bits per heavy atom. The second-order valence-electron chi connectivity index (χ2n) is 5.58. The molecule has 0 spiro atoms. The van der Waals surface area contributed by atoms with E-state index in [4.69, 9.17) is 20.8 Å². The van der Waals surface area contributed by atoms with E-state index in [1.807, 2.05) is 59.3 Å². The molecule has 2 aromatic heterocycles. The number of aromatic nitrogens is 4. The molecule has 2 heterocycles. The summed E-state index contributed by atoms with van der Waals surface area (Å²) in [5, 5.41) is 9.74. The largest absolute Gasteiger partial charge is 0.497 e. The van der Waals surface area contributed by atoms with E-state index in [2.05, 4.69) is 15.2 Å². The highest BCUT2D eigenvalue weighted by Crippen LogP contribution is 2.27. The minimum absolute atomic E-state index is 0.478. The molecule has 136 valence electrons. The first-order valence-corrected chi connectivity index (χ1v) is 9.48. The van der Waals surface area contributed by atoms with Crippen molar-refractivity contribution in [2.75, 3.05) is 7.11 Å². The Labute approximate surface area is 165 Å². The van der Waals surface area contributed by atoms with Gasteiger partial charge < -0.3 is 9.15 Å². The maximum Gasteiger partial charge on any atom is 0.247 e. The maximum atomic E-state index is 6.09. The van der Waals surface area contributed by atoms with Crippen molar-refractivity contribution >= 4 is 23.4 Å². The normalized spacial score (nSPS) is 10.9. The van der Waals surface area contributed by atoms with Crippen LogP contribution in [0.15, 0.2) is 70.5 Å². The minimum Gasteiger partial charge on any atom is -0.497 e. The van der Waals surface area contributed by atoms with Crippen LogP contribution in [0.3, 0.4) is 0 Å².